The number of H-pyrrole nitrogens is 1. The van der Waals surface area contributed by atoms with Crippen LogP contribution in [0.15, 0.2) is 35.3 Å². The van der Waals surface area contributed by atoms with Gasteiger partial charge in [0.2, 0.25) is 11.1 Å². The summed E-state index contributed by atoms with van der Waals surface area (Å²) in [6, 6.07) is 5.38. The SMILES string of the molecule is CCOC(=O)c1n[nH]cc(-c2ccc(F)cc2)c1=O. The van der Waals surface area contributed by atoms with Crippen LogP contribution in [0.25, 0.3) is 11.1 Å². The number of esters is 1. The molecular weight excluding hydrogens is 251 g/mol. The zero-order valence-corrected chi connectivity index (χ0v) is 10.1. The highest BCUT2D eigenvalue weighted by atomic mass is 19.1. The van der Waals surface area contributed by atoms with Gasteiger partial charge in [0.1, 0.15) is 5.82 Å². The molecule has 0 aliphatic rings. The monoisotopic (exact) mass is 262 g/mol. The van der Waals surface area contributed by atoms with Gasteiger partial charge in [0.15, 0.2) is 0 Å². The first kappa shape index (κ1) is 12.9. The second kappa shape index (κ2) is 5.43. The first-order valence-electron chi connectivity index (χ1n) is 5.64. The summed E-state index contributed by atoms with van der Waals surface area (Å²) < 4.78 is 17.6. The average molecular weight is 262 g/mol. The number of aromatic amines is 1. The van der Waals surface area contributed by atoms with E-state index >= 15 is 0 Å². The Labute approximate surface area is 108 Å². The van der Waals surface area contributed by atoms with Crippen LogP contribution in [-0.2, 0) is 4.74 Å². The Hall–Kier alpha value is -2.50. The molecule has 0 aliphatic heterocycles. The molecule has 0 saturated carbocycles. The van der Waals surface area contributed by atoms with E-state index in [0.29, 0.717) is 5.56 Å². The molecule has 0 spiro atoms. The fourth-order valence-electron chi connectivity index (χ4n) is 1.59. The number of carbonyl (C=O) groups is 1. The minimum atomic E-state index is -0.785. The van der Waals surface area contributed by atoms with Crippen LogP contribution in [0.4, 0.5) is 4.39 Å². The molecule has 6 heteroatoms. The van der Waals surface area contributed by atoms with Gasteiger partial charge in [-0.2, -0.15) is 5.10 Å². The minimum Gasteiger partial charge on any atom is -0.461 e. The van der Waals surface area contributed by atoms with Crippen molar-refractivity contribution in [3.8, 4) is 11.1 Å². The minimum absolute atomic E-state index is 0.154. The van der Waals surface area contributed by atoms with E-state index in [4.69, 9.17) is 4.74 Å². The lowest BCUT2D eigenvalue weighted by atomic mass is 10.1. The van der Waals surface area contributed by atoms with Crippen LogP contribution in [0.2, 0.25) is 0 Å². The fourth-order valence-corrected chi connectivity index (χ4v) is 1.59. The number of hydrogen-bond acceptors (Lipinski definition) is 4. The van der Waals surface area contributed by atoms with Crippen molar-refractivity contribution in [1.82, 2.24) is 10.2 Å². The van der Waals surface area contributed by atoms with Crippen LogP contribution in [0.1, 0.15) is 17.4 Å². The van der Waals surface area contributed by atoms with Crippen molar-refractivity contribution >= 4 is 5.97 Å². The number of rotatable bonds is 3. The Bertz CT molecular complexity index is 650. The quantitative estimate of drug-likeness (QED) is 0.855. The van der Waals surface area contributed by atoms with Crippen molar-refractivity contribution in [2.75, 3.05) is 6.61 Å². The number of aromatic nitrogens is 2. The van der Waals surface area contributed by atoms with Crippen LogP contribution >= 0.6 is 0 Å². The molecule has 1 heterocycles. The van der Waals surface area contributed by atoms with Gasteiger partial charge in [0.25, 0.3) is 0 Å². The van der Waals surface area contributed by atoms with E-state index in [0.717, 1.165) is 0 Å². The van der Waals surface area contributed by atoms with Gasteiger partial charge in [0.05, 0.1) is 6.61 Å². The van der Waals surface area contributed by atoms with Crippen LogP contribution in [0, 0.1) is 5.82 Å². The maximum atomic E-state index is 12.8. The molecule has 0 saturated heterocycles. The van der Waals surface area contributed by atoms with E-state index in [-0.39, 0.29) is 17.9 Å². The standard InChI is InChI=1S/C13H11FN2O3/c1-2-19-13(18)11-12(17)10(7-15-16-11)8-3-5-9(14)6-4-8/h3-7H,2H2,1H3,(H,15,17). The maximum absolute atomic E-state index is 12.8. The Morgan fingerprint density at radius 3 is 2.68 bits per heavy atom. The third-order valence-corrected chi connectivity index (χ3v) is 2.47. The Morgan fingerprint density at radius 1 is 1.37 bits per heavy atom. The van der Waals surface area contributed by atoms with E-state index in [2.05, 4.69) is 10.2 Å². The van der Waals surface area contributed by atoms with Crippen molar-refractivity contribution in [2.24, 2.45) is 0 Å². The van der Waals surface area contributed by atoms with Crippen molar-refractivity contribution < 1.29 is 13.9 Å². The normalized spacial score (nSPS) is 10.2. The predicted octanol–water partition coefficient (Wildman–Crippen LogP) is 1.75. The largest absolute Gasteiger partial charge is 0.461 e. The van der Waals surface area contributed by atoms with Crippen molar-refractivity contribution in [3.63, 3.8) is 0 Å². The third kappa shape index (κ3) is 2.67. The first-order chi connectivity index (χ1) is 9.13. The molecule has 98 valence electrons. The molecule has 2 aromatic rings. The van der Waals surface area contributed by atoms with Crippen molar-refractivity contribution in [3.05, 3.63) is 52.2 Å². The van der Waals surface area contributed by atoms with Crippen LogP contribution < -0.4 is 5.43 Å². The second-order valence-corrected chi connectivity index (χ2v) is 3.70. The Balaban J connectivity index is 2.48. The zero-order chi connectivity index (χ0) is 13.8. The molecule has 1 aromatic heterocycles. The molecule has 19 heavy (non-hydrogen) atoms. The number of nitrogens with one attached hydrogen (secondary N) is 1. The summed E-state index contributed by atoms with van der Waals surface area (Å²) >= 11 is 0. The molecule has 0 unspecified atom stereocenters. The summed E-state index contributed by atoms with van der Waals surface area (Å²) in [6.07, 6.45) is 1.36. The van der Waals surface area contributed by atoms with Gasteiger partial charge in [-0.05, 0) is 24.6 Å². The van der Waals surface area contributed by atoms with E-state index < -0.39 is 17.2 Å². The summed E-state index contributed by atoms with van der Waals surface area (Å²) in [5.74, 6) is -1.19. The third-order valence-electron chi connectivity index (χ3n) is 2.47. The lowest BCUT2D eigenvalue weighted by molar-refractivity contribution is 0.0516. The lowest BCUT2D eigenvalue weighted by Crippen LogP contribution is -2.21. The Kier molecular flexibility index (Phi) is 3.70. The molecule has 0 amide bonds. The highest BCUT2D eigenvalue weighted by Gasteiger charge is 2.16. The molecular formula is C13H11FN2O3. The van der Waals surface area contributed by atoms with E-state index in [1.54, 1.807) is 6.92 Å². The molecule has 5 nitrogen and oxygen atoms in total. The number of halogens is 1. The van der Waals surface area contributed by atoms with E-state index in [1.807, 2.05) is 0 Å². The lowest BCUT2D eigenvalue weighted by Gasteiger charge is -2.03. The van der Waals surface area contributed by atoms with Gasteiger partial charge in [-0.15, -0.1) is 0 Å². The number of benzene rings is 1. The topological polar surface area (TPSA) is 72.0 Å². The smallest absolute Gasteiger partial charge is 0.362 e. The first-order valence-corrected chi connectivity index (χ1v) is 5.64. The summed E-state index contributed by atoms with van der Waals surface area (Å²) in [5.41, 5.74) is -0.138. The molecule has 2 rings (SSSR count). The molecule has 0 radical (unpaired) electrons. The molecule has 1 aromatic carbocycles. The average Bonchev–Trinajstić information content (AvgIpc) is 2.40. The summed E-state index contributed by atoms with van der Waals surface area (Å²) in [5, 5.41) is 6.09. The second-order valence-electron chi connectivity index (χ2n) is 3.70. The Morgan fingerprint density at radius 2 is 2.05 bits per heavy atom. The van der Waals surface area contributed by atoms with Crippen molar-refractivity contribution in [1.29, 1.82) is 0 Å². The van der Waals surface area contributed by atoms with Gasteiger partial charge in [-0.1, -0.05) is 12.1 Å². The summed E-state index contributed by atoms with van der Waals surface area (Å²) in [7, 11) is 0. The molecule has 0 fully saturated rings. The molecule has 0 atom stereocenters. The van der Waals surface area contributed by atoms with Crippen LogP contribution in [-0.4, -0.2) is 22.8 Å². The van der Waals surface area contributed by atoms with Gasteiger partial charge >= 0.3 is 5.97 Å². The fraction of sp³-hybridized carbons (Fsp3) is 0.154. The molecule has 0 aliphatic carbocycles. The number of nitrogens with zero attached hydrogens (tertiary/aromatic N) is 1. The van der Waals surface area contributed by atoms with Gasteiger partial charge in [0, 0.05) is 11.8 Å². The highest BCUT2D eigenvalue weighted by molar-refractivity contribution is 5.88. The van der Waals surface area contributed by atoms with Gasteiger partial charge in [-0.3, -0.25) is 9.89 Å². The summed E-state index contributed by atoms with van der Waals surface area (Å²) in [4.78, 5) is 23.6. The maximum Gasteiger partial charge on any atom is 0.362 e. The van der Waals surface area contributed by atoms with E-state index in [9.17, 15) is 14.0 Å². The number of hydrogen-bond donors (Lipinski definition) is 1. The summed E-state index contributed by atoms with van der Waals surface area (Å²) in [6.45, 7) is 1.79. The number of carbonyl (C=O) groups excluding carboxylic acids is 1. The molecule has 1 N–H and O–H groups in total. The zero-order valence-electron chi connectivity index (χ0n) is 10.1. The van der Waals surface area contributed by atoms with Gasteiger partial charge < -0.3 is 4.74 Å². The van der Waals surface area contributed by atoms with Crippen molar-refractivity contribution in [2.45, 2.75) is 6.92 Å². The molecule has 0 bridgehead atoms. The number of ether oxygens (including phenoxy) is 1. The van der Waals surface area contributed by atoms with Gasteiger partial charge in [-0.25, -0.2) is 9.18 Å². The van der Waals surface area contributed by atoms with Crippen LogP contribution in [0.5, 0.6) is 0 Å². The highest BCUT2D eigenvalue weighted by Crippen LogP contribution is 2.15. The predicted molar refractivity (Wildman–Crippen MR) is 66.2 cm³/mol. The van der Waals surface area contributed by atoms with Crippen LogP contribution in [0.3, 0.4) is 0 Å². The van der Waals surface area contributed by atoms with E-state index in [1.165, 1.54) is 30.5 Å².